The number of amides is 1. The summed E-state index contributed by atoms with van der Waals surface area (Å²) in [4.78, 5) is 15.1. The molecular weight excluding hydrogens is 389 g/mol. The second-order valence-corrected chi connectivity index (χ2v) is 6.84. The number of likely N-dealkylation sites (tertiary alicyclic amines) is 1. The fourth-order valence-corrected chi connectivity index (χ4v) is 3.15. The molecule has 0 aliphatic carbocycles. The highest BCUT2D eigenvalue weighted by atomic mass is 35.5. The SMILES string of the molecule is CC#C[C@H](C)Oc1cc(N)c(Cl)cc1C(=O)N[C@H]1CCN(C)C[C@H]1OC.Cl. The predicted molar refractivity (Wildman–Crippen MR) is 111 cm³/mol. The van der Waals surface area contributed by atoms with Gasteiger partial charge in [0.25, 0.3) is 5.91 Å². The summed E-state index contributed by atoms with van der Waals surface area (Å²) in [5, 5.41) is 3.35. The zero-order valence-corrected chi connectivity index (χ0v) is 17.6. The van der Waals surface area contributed by atoms with E-state index in [4.69, 9.17) is 26.8 Å². The van der Waals surface area contributed by atoms with Gasteiger partial charge in [0.2, 0.25) is 0 Å². The summed E-state index contributed by atoms with van der Waals surface area (Å²) < 4.78 is 11.3. The minimum atomic E-state index is -0.373. The van der Waals surface area contributed by atoms with Gasteiger partial charge in [0.05, 0.1) is 28.4 Å². The van der Waals surface area contributed by atoms with E-state index in [1.807, 2.05) is 7.05 Å². The molecule has 1 aliphatic rings. The van der Waals surface area contributed by atoms with Crippen LogP contribution in [0.3, 0.4) is 0 Å². The fraction of sp³-hybridized carbons (Fsp3) is 0.526. The number of carbonyl (C=O) groups is 1. The molecule has 1 aromatic carbocycles. The van der Waals surface area contributed by atoms with Crippen LogP contribution in [0.25, 0.3) is 0 Å². The van der Waals surface area contributed by atoms with Gasteiger partial charge in [-0.05, 0) is 39.9 Å². The topological polar surface area (TPSA) is 76.8 Å². The van der Waals surface area contributed by atoms with Gasteiger partial charge in [-0.15, -0.1) is 18.3 Å². The third-order valence-electron chi connectivity index (χ3n) is 4.38. The molecule has 8 heteroatoms. The standard InChI is InChI=1S/C19H26ClN3O3.ClH/c1-5-6-12(2)26-17-10-15(21)14(20)9-13(17)19(24)22-16-7-8-23(3)11-18(16)25-4;/h9-10,12,16,18H,7-8,11,21H2,1-4H3,(H,22,24);1H/t12-,16-,18+;/m0./s1. The van der Waals surface area contributed by atoms with E-state index in [1.165, 1.54) is 6.07 Å². The first kappa shape index (κ1) is 23.4. The van der Waals surface area contributed by atoms with E-state index in [2.05, 4.69) is 22.1 Å². The maximum atomic E-state index is 12.9. The van der Waals surface area contributed by atoms with Crippen molar-refractivity contribution in [3.63, 3.8) is 0 Å². The first-order chi connectivity index (χ1) is 12.3. The predicted octanol–water partition coefficient (Wildman–Crippen LogP) is 2.58. The lowest BCUT2D eigenvalue weighted by molar-refractivity contribution is 0.0141. The van der Waals surface area contributed by atoms with E-state index in [9.17, 15) is 4.79 Å². The Kier molecular flexibility index (Phi) is 9.20. The minimum absolute atomic E-state index is 0. The zero-order valence-electron chi connectivity index (χ0n) is 16.0. The Hall–Kier alpha value is -1.65. The van der Waals surface area contributed by atoms with Gasteiger partial charge in [0, 0.05) is 19.7 Å². The smallest absolute Gasteiger partial charge is 0.255 e. The van der Waals surface area contributed by atoms with Gasteiger partial charge in [-0.25, -0.2) is 0 Å². The number of rotatable bonds is 5. The molecule has 1 amide bonds. The molecule has 1 aliphatic heterocycles. The molecule has 2 rings (SSSR count). The van der Waals surface area contributed by atoms with Crippen LogP contribution in [-0.2, 0) is 4.74 Å². The van der Waals surface area contributed by atoms with Crippen molar-refractivity contribution in [2.75, 3.05) is 33.0 Å². The molecule has 1 fully saturated rings. The Bertz CT molecular complexity index is 718. The number of ether oxygens (including phenoxy) is 2. The summed E-state index contributed by atoms with van der Waals surface area (Å²) in [7, 11) is 3.69. The molecule has 150 valence electrons. The Labute approximate surface area is 172 Å². The van der Waals surface area contributed by atoms with E-state index in [-0.39, 0.29) is 36.6 Å². The lowest BCUT2D eigenvalue weighted by atomic mass is 10.0. The van der Waals surface area contributed by atoms with Crippen molar-refractivity contribution in [2.45, 2.75) is 38.5 Å². The summed E-state index contributed by atoms with van der Waals surface area (Å²) in [5.41, 5.74) is 6.56. The lowest BCUT2D eigenvalue weighted by Gasteiger charge is -2.36. The average molecular weight is 416 g/mol. The quantitative estimate of drug-likeness (QED) is 0.570. The third-order valence-corrected chi connectivity index (χ3v) is 4.70. The molecule has 0 saturated carbocycles. The number of halogens is 2. The minimum Gasteiger partial charge on any atom is -0.477 e. The molecule has 6 nitrogen and oxygen atoms in total. The summed E-state index contributed by atoms with van der Waals surface area (Å²) in [6, 6.07) is 3.01. The van der Waals surface area contributed by atoms with Crippen LogP contribution in [0.4, 0.5) is 5.69 Å². The molecule has 27 heavy (non-hydrogen) atoms. The Morgan fingerprint density at radius 3 is 2.81 bits per heavy atom. The van der Waals surface area contributed by atoms with Crippen molar-refractivity contribution in [2.24, 2.45) is 0 Å². The van der Waals surface area contributed by atoms with Crippen LogP contribution in [0.15, 0.2) is 12.1 Å². The number of piperidine rings is 1. The number of anilines is 1. The molecule has 1 saturated heterocycles. The van der Waals surface area contributed by atoms with Crippen molar-refractivity contribution >= 4 is 35.6 Å². The van der Waals surface area contributed by atoms with Crippen LogP contribution in [0.5, 0.6) is 5.75 Å². The normalized spacial score (nSPS) is 20.6. The van der Waals surface area contributed by atoms with Gasteiger partial charge < -0.3 is 25.4 Å². The first-order valence-electron chi connectivity index (χ1n) is 8.55. The molecule has 0 spiro atoms. The van der Waals surface area contributed by atoms with Crippen LogP contribution < -0.4 is 15.8 Å². The fourth-order valence-electron chi connectivity index (χ4n) is 2.99. The Morgan fingerprint density at radius 2 is 2.19 bits per heavy atom. The monoisotopic (exact) mass is 415 g/mol. The van der Waals surface area contributed by atoms with Gasteiger partial charge in [-0.3, -0.25) is 4.79 Å². The number of nitrogens with two attached hydrogens (primary N) is 1. The van der Waals surface area contributed by atoms with Crippen LogP contribution >= 0.6 is 24.0 Å². The maximum Gasteiger partial charge on any atom is 0.255 e. The largest absolute Gasteiger partial charge is 0.477 e. The molecule has 0 radical (unpaired) electrons. The van der Waals surface area contributed by atoms with Gasteiger partial charge in [0.15, 0.2) is 6.10 Å². The van der Waals surface area contributed by atoms with Crippen LogP contribution in [-0.4, -0.2) is 56.3 Å². The van der Waals surface area contributed by atoms with Crippen molar-refractivity contribution in [3.8, 4) is 17.6 Å². The van der Waals surface area contributed by atoms with Crippen molar-refractivity contribution in [3.05, 3.63) is 22.7 Å². The van der Waals surface area contributed by atoms with E-state index in [1.54, 1.807) is 27.0 Å². The van der Waals surface area contributed by atoms with Crippen LogP contribution in [0.1, 0.15) is 30.6 Å². The number of nitrogens with one attached hydrogen (secondary N) is 1. The molecule has 1 aromatic rings. The second kappa shape index (κ2) is 10.6. The summed E-state index contributed by atoms with van der Waals surface area (Å²) >= 11 is 6.13. The number of likely N-dealkylation sites (N-methyl/N-ethyl adjacent to an activating group) is 1. The van der Waals surface area contributed by atoms with E-state index >= 15 is 0 Å². The summed E-state index contributed by atoms with van der Waals surface area (Å²) in [6.45, 7) is 5.19. The molecule has 1 heterocycles. The third kappa shape index (κ3) is 6.18. The molecule has 3 N–H and O–H groups in total. The van der Waals surface area contributed by atoms with Gasteiger partial charge in [-0.2, -0.15) is 0 Å². The molecule has 0 aromatic heterocycles. The second-order valence-electron chi connectivity index (χ2n) is 6.43. The van der Waals surface area contributed by atoms with Gasteiger partial charge in [-0.1, -0.05) is 17.5 Å². The number of hydrogen-bond donors (Lipinski definition) is 2. The zero-order chi connectivity index (χ0) is 19.3. The molecule has 0 bridgehead atoms. The highest BCUT2D eigenvalue weighted by Gasteiger charge is 2.30. The van der Waals surface area contributed by atoms with Crippen molar-refractivity contribution < 1.29 is 14.3 Å². The van der Waals surface area contributed by atoms with Gasteiger partial charge >= 0.3 is 0 Å². The molecule has 0 unspecified atom stereocenters. The molecular formula is C19H27Cl2N3O3. The number of nitrogen functional groups attached to an aromatic ring is 1. The van der Waals surface area contributed by atoms with Crippen LogP contribution in [0.2, 0.25) is 5.02 Å². The van der Waals surface area contributed by atoms with E-state index in [0.29, 0.717) is 22.0 Å². The summed E-state index contributed by atoms with van der Waals surface area (Å²) in [5.74, 6) is 5.78. The van der Waals surface area contributed by atoms with Crippen molar-refractivity contribution in [1.82, 2.24) is 10.2 Å². The first-order valence-corrected chi connectivity index (χ1v) is 8.93. The average Bonchev–Trinajstić information content (AvgIpc) is 2.59. The number of benzene rings is 1. The van der Waals surface area contributed by atoms with Gasteiger partial charge in [0.1, 0.15) is 5.75 Å². The van der Waals surface area contributed by atoms with Crippen LogP contribution in [0, 0.1) is 11.8 Å². The highest BCUT2D eigenvalue weighted by Crippen LogP contribution is 2.30. The lowest BCUT2D eigenvalue weighted by Crippen LogP contribution is -2.53. The number of hydrogen-bond acceptors (Lipinski definition) is 5. The molecule has 3 atom stereocenters. The number of nitrogens with zero attached hydrogens (tertiary/aromatic N) is 1. The summed E-state index contributed by atoms with van der Waals surface area (Å²) in [6.07, 6.45) is 0.357. The Morgan fingerprint density at radius 1 is 1.48 bits per heavy atom. The highest BCUT2D eigenvalue weighted by molar-refractivity contribution is 6.33. The maximum absolute atomic E-state index is 12.9. The van der Waals surface area contributed by atoms with E-state index < -0.39 is 0 Å². The number of methoxy groups -OCH3 is 1. The Balaban J connectivity index is 0.00000364. The van der Waals surface area contributed by atoms with Crippen molar-refractivity contribution in [1.29, 1.82) is 0 Å². The number of carbonyl (C=O) groups excluding carboxylic acids is 1. The van der Waals surface area contributed by atoms with E-state index in [0.717, 1.165) is 19.5 Å².